The Kier molecular flexibility index (Phi) is 6.53. The van der Waals surface area contributed by atoms with E-state index < -0.39 is 83.9 Å². The third-order valence-electron chi connectivity index (χ3n) is 9.87. The highest BCUT2D eigenvalue weighted by Crippen LogP contribution is 2.81. The third-order valence-corrected chi connectivity index (χ3v) is 9.87. The van der Waals surface area contributed by atoms with Crippen LogP contribution in [0.15, 0.2) is 54.6 Å². The lowest BCUT2D eigenvalue weighted by molar-refractivity contribution is -0.424. The molecule has 13 nitrogen and oxygen atoms in total. The van der Waals surface area contributed by atoms with Crippen LogP contribution >= 0.6 is 0 Å². The smallest absolute Gasteiger partial charge is 0.343 e. The minimum Gasteiger partial charge on any atom is -0.461 e. The number of hydrogen-bond donors (Lipinski definition) is 5. The summed E-state index contributed by atoms with van der Waals surface area (Å²) < 4.78 is 35.3. The second-order valence-corrected chi connectivity index (χ2v) is 12.1. The van der Waals surface area contributed by atoms with E-state index in [1.165, 1.54) is 24.3 Å². The van der Waals surface area contributed by atoms with Crippen molar-refractivity contribution in [2.75, 3.05) is 13.2 Å². The summed E-state index contributed by atoms with van der Waals surface area (Å²) in [6.07, 6.45) is -8.30. The predicted octanol–water partition coefficient (Wildman–Crippen LogP) is -0.138. The van der Waals surface area contributed by atoms with Gasteiger partial charge in [-0.1, -0.05) is 18.2 Å². The Morgan fingerprint density at radius 3 is 2.33 bits per heavy atom. The van der Waals surface area contributed by atoms with Gasteiger partial charge >= 0.3 is 11.9 Å². The van der Waals surface area contributed by atoms with E-state index in [1.807, 2.05) is 0 Å². The van der Waals surface area contributed by atoms with Crippen LogP contribution in [0.1, 0.15) is 40.5 Å². The Morgan fingerprint density at radius 2 is 1.63 bits per heavy atom. The van der Waals surface area contributed by atoms with Gasteiger partial charge in [0.25, 0.3) is 0 Å². The van der Waals surface area contributed by atoms with E-state index in [0.29, 0.717) is 5.56 Å². The summed E-state index contributed by atoms with van der Waals surface area (Å²) in [5.74, 6) is -3.09. The molecule has 13 heteroatoms. The fourth-order valence-electron chi connectivity index (χ4n) is 7.70. The molecule has 5 N–H and O–H groups in total. The highest BCUT2D eigenvalue weighted by Gasteiger charge is 2.94. The van der Waals surface area contributed by atoms with Crippen LogP contribution in [0.5, 0.6) is 5.75 Å². The number of carbonyl (C=O) groups is 2. The average molecular weight is 601 g/mol. The van der Waals surface area contributed by atoms with E-state index in [1.54, 1.807) is 37.3 Å². The van der Waals surface area contributed by atoms with Crippen molar-refractivity contribution >= 4 is 11.9 Å². The van der Waals surface area contributed by atoms with E-state index in [4.69, 9.17) is 28.4 Å². The van der Waals surface area contributed by atoms with Crippen molar-refractivity contribution in [3.8, 4) is 5.75 Å². The molecule has 4 saturated heterocycles. The Labute approximate surface area is 245 Å². The first-order chi connectivity index (χ1) is 20.5. The molecule has 7 fully saturated rings. The zero-order chi connectivity index (χ0) is 30.4. The Hall–Kier alpha value is -2.98. The third kappa shape index (κ3) is 3.91. The molecule has 2 aromatic rings. The fraction of sp³-hybridized carbons (Fsp3) is 0.533. The highest BCUT2D eigenvalue weighted by molar-refractivity contribution is 5.92. The summed E-state index contributed by atoms with van der Waals surface area (Å²) in [7, 11) is 0. The van der Waals surface area contributed by atoms with E-state index in [2.05, 4.69) is 0 Å². The molecule has 0 spiro atoms. The molecule has 0 aromatic heterocycles. The van der Waals surface area contributed by atoms with Crippen LogP contribution in [-0.4, -0.2) is 105 Å². The number of esters is 2. The summed E-state index contributed by atoms with van der Waals surface area (Å²) in [5.41, 5.74) is -3.05. The van der Waals surface area contributed by atoms with Crippen LogP contribution in [0.4, 0.5) is 0 Å². The van der Waals surface area contributed by atoms with Crippen LogP contribution in [0, 0.1) is 11.3 Å². The number of benzene rings is 2. The van der Waals surface area contributed by atoms with Crippen molar-refractivity contribution in [3.63, 3.8) is 0 Å². The van der Waals surface area contributed by atoms with Gasteiger partial charge in [-0.2, -0.15) is 0 Å². The number of aliphatic hydroxyl groups is 5. The van der Waals surface area contributed by atoms with Gasteiger partial charge in [-0.3, -0.25) is 0 Å². The topological polar surface area (TPSA) is 191 Å². The molecule has 4 heterocycles. The summed E-state index contributed by atoms with van der Waals surface area (Å²) in [4.78, 5) is 25.5. The van der Waals surface area contributed by atoms with Gasteiger partial charge in [-0.15, -0.1) is 0 Å². The highest BCUT2D eigenvalue weighted by atomic mass is 16.8. The van der Waals surface area contributed by atoms with E-state index in [0.717, 1.165) is 0 Å². The molecule has 11 atom stereocenters. The van der Waals surface area contributed by atoms with Gasteiger partial charge in [-0.25, -0.2) is 9.59 Å². The minimum absolute atomic E-state index is 0.0391. The first-order valence-electron chi connectivity index (χ1n) is 14.1. The number of aliphatic hydroxyl groups excluding tert-OH is 4. The molecular formula is C30H32O13. The number of rotatable bonds is 8. The molecule has 43 heavy (non-hydrogen) atoms. The van der Waals surface area contributed by atoms with Crippen LogP contribution in [0.25, 0.3) is 0 Å². The standard InChI is InChI=1S/C30H32O13/c1-27-13-29(37)19-11-30(27,41-25-22(34)21(33)20(32)18(12-31)40-25)28(19,26(42-27)43-29)14-38-23(35)16-7-9-17(10-8-16)39-24(36)15-5-3-2-4-6-15/h2-10,18-22,25-26,31-34,37H,11-14H2,1H3/t18-,19-,20-,21+,22-,25+,26-,27+,28+,29-,30+/m1/s1. The summed E-state index contributed by atoms with van der Waals surface area (Å²) >= 11 is 0. The van der Waals surface area contributed by atoms with E-state index >= 15 is 0 Å². The van der Waals surface area contributed by atoms with Crippen molar-refractivity contribution in [2.45, 2.75) is 73.8 Å². The lowest BCUT2D eigenvalue weighted by Crippen LogP contribution is -2.80. The van der Waals surface area contributed by atoms with Gasteiger partial charge < -0.3 is 54.0 Å². The van der Waals surface area contributed by atoms with Gasteiger partial charge in [0.05, 0.1) is 23.1 Å². The Morgan fingerprint density at radius 1 is 0.930 bits per heavy atom. The molecule has 230 valence electrons. The van der Waals surface area contributed by atoms with Gasteiger partial charge in [0.15, 0.2) is 18.4 Å². The van der Waals surface area contributed by atoms with E-state index in [-0.39, 0.29) is 30.8 Å². The molecule has 4 aliphatic heterocycles. The first-order valence-corrected chi connectivity index (χ1v) is 14.1. The lowest BCUT2D eigenvalue weighted by atomic mass is 9.41. The van der Waals surface area contributed by atoms with E-state index in [9.17, 15) is 35.1 Å². The number of ether oxygens (including phenoxy) is 6. The van der Waals surface area contributed by atoms with Gasteiger partial charge in [0, 0.05) is 12.3 Å². The number of hydrogen-bond acceptors (Lipinski definition) is 13. The molecule has 3 saturated carbocycles. The van der Waals surface area contributed by atoms with Crippen molar-refractivity contribution in [3.05, 3.63) is 65.7 Å². The largest absolute Gasteiger partial charge is 0.461 e. The second-order valence-electron chi connectivity index (χ2n) is 12.1. The molecular weight excluding hydrogens is 568 g/mol. The predicted molar refractivity (Wildman–Crippen MR) is 140 cm³/mol. The average Bonchev–Trinajstić information content (AvgIpc) is 3.19. The van der Waals surface area contributed by atoms with Crippen molar-refractivity contribution in [1.29, 1.82) is 0 Å². The molecule has 2 aromatic carbocycles. The Bertz CT molecular complexity index is 1420. The van der Waals surface area contributed by atoms with Crippen molar-refractivity contribution < 1.29 is 63.5 Å². The maximum Gasteiger partial charge on any atom is 0.343 e. The molecule has 3 aliphatic carbocycles. The molecule has 0 radical (unpaired) electrons. The Balaban J connectivity index is 1.09. The molecule has 9 rings (SSSR count). The zero-order valence-electron chi connectivity index (χ0n) is 23.1. The monoisotopic (exact) mass is 600 g/mol. The van der Waals surface area contributed by atoms with Crippen LogP contribution in [-0.2, 0) is 23.7 Å². The molecule has 7 aliphatic rings. The minimum atomic E-state index is -1.66. The first kappa shape index (κ1) is 28.8. The summed E-state index contributed by atoms with van der Waals surface area (Å²) in [5, 5.41) is 52.2. The molecule has 6 bridgehead atoms. The SMILES string of the molecule is C[C@@]12C[C@@]3(O)O[C@@H](O1)[C@]1(COC(=O)c4ccc(OC(=O)c5ccccc5)cc4)[C@H]3C[C@@]12O[C@@H]1O[C@H](CO)[C@@H](O)[C@H](O)[C@H]1O. The number of carbonyl (C=O) groups excluding carboxylic acids is 2. The van der Waals surface area contributed by atoms with Crippen LogP contribution in [0.3, 0.4) is 0 Å². The van der Waals surface area contributed by atoms with Gasteiger partial charge in [0.1, 0.15) is 48.0 Å². The summed E-state index contributed by atoms with van der Waals surface area (Å²) in [6.45, 7) is 0.819. The van der Waals surface area contributed by atoms with Gasteiger partial charge in [0.2, 0.25) is 0 Å². The van der Waals surface area contributed by atoms with Crippen molar-refractivity contribution in [1.82, 2.24) is 0 Å². The maximum absolute atomic E-state index is 13.2. The lowest BCUT2D eigenvalue weighted by Gasteiger charge is -2.67. The summed E-state index contributed by atoms with van der Waals surface area (Å²) in [6, 6.07) is 14.3. The molecule has 0 unspecified atom stereocenters. The second kappa shape index (κ2) is 9.76. The zero-order valence-corrected chi connectivity index (χ0v) is 23.1. The normalized spacial score (nSPS) is 43.7. The van der Waals surface area contributed by atoms with Crippen LogP contribution < -0.4 is 4.74 Å². The van der Waals surface area contributed by atoms with Crippen LogP contribution in [0.2, 0.25) is 0 Å². The maximum atomic E-state index is 13.2. The fourth-order valence-corrected chi connectivity index (χ4v) is 7.70. The van der Waals surface area contributed by atoms with Gasteiger partial charge in [-0.05, 0) is 49.7 Å². The quantitative estimate of drug-likeness (QED) is 0.199. The molecule has 0 amide bonds. The van der Waals surface area contributed by atoms with Crippen molar-refractivity contribution in [2.24, 2.45) is 11.3 Å².